The third-order valence-electron chi connectivity index (χ3n) is 2.20. The summed E-state index contributed by atoms with van der Waals surface area (Å²) in [7, 11) is 2.98. The summed E-state index contributed by atoms with van der Waals surface area (Å²) >= 11 is 0. The van der Waals surface area contributed by atoms with Crippen LogP contribution in [0.15, 0.2) is 24.8 Å². The molecule has 1 aromatic rings. The number of carboxylic acids is 1. The number of rotatable bonds is 5. The molecule has 0 saturated carbocycles. The lowest BCUT2D eigenvalue weighted by Crippen LogP contribution is -2.04. The van der Waals surface area contributed by atoms with E-state index < -0.39 is 5.97 Å². The monoisotopic (exact) mass is 222 g/mol. The molecular formula is C12H14O4. The summed E-state index contributed by atoms with van der Waals surface area (Å²) in [5.74, 6) is -0.0603. The van der Waals surface area contributed by atoms with E-state index >= 15 is 0 Å². The van der Waals surface area contributed by atoms with E-state index in [4.69, 9.17) is 14.6 Å². The quantitative estimate of drug-likeness (QED) is 0.775. The van der Waals surface area contributed by atoms with E-state index in [0.29, 0.717) is 23.5 Å². The Kier molecular flexibility index (Phi) is 3.94. The summed E-state index contributed by atoms with van der Waals surface area (Å²) in [4.78, 5) is 11.0. The molecule has 0 aromatic heterocycles. The van der Waals surface area contributed by atoms with Crippen molar-refractivity contribution in [2.75, 3.05) is 14.2 Å². The van der Waals surface area contributed by atoms with Gasteiger partial charge in [0.2, 0.25) is 0 Å². The molecule has 1 aromatic carbocycles. The van der Waals surface area contributed by atoms with Gasteiger partial charge in [0.1, 0.15) is 0 Å². The largest absolute Gasteiger partial charge is 0.493 e. The summed E-state index contributed by atoms with van der Waals surface area (Å²) < 4.78 is 10.2. The summed E-state index contributed by atoms with van der Waals surface area (Å²) in [6.45, 7) is 3.59. The standard InChI is InChI=1S/C12H14O4/c1-4-5-8-6-10(15-2)11(16-3)7-9(8)12(13)14/h4,6-7H,1,5H2,2-3H3,(H,13,14). The molecule has 1 rings (SSSR count). The van der Waals surface area contributed by atoms with Crippen molar-refractivity contribution in [2.45, 2.75) is 6.42 Å². The number of hydrogen-bond donors (Lipinski definition) is 1. The first-order valence-corrected chi connectivity index (χ1v) is 4.73. The molecule has 0 bridgehead atoms. The summed E-state index contributed by atoms with van der Waals surface area (Å²) in [5.41, 5.74) is 0.859. The van der Waals surface area contributed by atoms with Gasteiger partial charge in [-0.25, -0.2) is 4.79 Å². The number of benzene rings is 1. The molecule has 16 heavy (non-hydrogen) atoms. The molecule has 0 unspecified atom stereocenters. The SMILES string of the molecule is C=CCc1cc(OC)c(OC)cc1C(=O)O. The topological polar surface area (TPSA) is 55.8 Å². The number of hydrogen-bond acceptors (Lipinski definition) is 3. The van der Waals surface area contributed by atoms with Gasteiger partial charge in [0.25, 0.3) is 0 Å². The minimum Gasteiger partial charge on any atom is -0.493 e. The van der Waals surface area contributed by atoms with Crippen molar-refractivity contribution in [3.63, 3.8) is 0 Å². The summed E-state index contributed by atoms with van der Waals surface area (Å²) in [6.07, 6.45) is 2.12. The zero-order valence-corrected chi connectivity index (χ0v) is 9.32. The molecule has 0 aliphatic carbocycles. The van der Waals surface area contributed by atoms with Gasteiger partial charge in [-0.1, -0.05) is 6.08 Å². The number of carboxylic acid groups (broad SMARTS) is 1. The third kappa shape index (κ3) is 2.34. The second-order valence-electron chi connectivity index (χ2n) is 3.16. The van der Waals surface area contributed by atoms with Crippen LogP contribution >= 0.6 is 0 Å². The predicted octanol–water partition coefficient (Wildman–Crippen LogP) is 2.13. The van der Waals surface area contributed by atoms with Crippen molar-refractivity contribution >= 4 is 5.97 Å². The van der Waals surface area contributed by atoms with Crippen LogP contribution < -0.4 is 9.47 Å². The van der Waals surface area contributed by atoms with Gasteiger partial charge in [0.15, 0.2) is 11.5 Å². The Bertz CT molecular complexity index is 410. The van der Waals surface area contributed by atoms with E-state index in [1.54, 1.807) is 12.1 Å². The van der Waals surface area contributed by atoms with Gasteiger partial charge in [0.05, 0.1) is 19.8 Å². The van der Waals surface area contributed by atoms with E-state index in [-0.39, 0.29) is 5.56 Å². The Morgan fingerprint density at radius 3 is 2.38 bits per heavy atom. The van der Waals surface area contributed by atoms with Gasteiger partial charge in [0, 0.05) is 0 Å². The van der Waals surface area contributed by atoms with Crippen molar-refractivity contribution in [1.82, 2.24) is 0 Å². The predicted molar refractivity (Wildman–Crippen MR) is 60.4 cm³/mol. The van der Waals surface area contributed by atoms with E-state index in [0.717, 1.165) is 0 Å². The zero-order valence-electron chi connectivity index (χ0n) is 9.32. The Morgan fingerprint density at radius 2 is 1.94 bits per heavy atom. The van der Waals surface area contributed by atoms with E-state index in [1.807, 2.05) is 0 Å². The fraction of sp³-hybridized carbons (Fsp3) is 0.250. The average molecular weight is 222 g/mol. The molecule has 0 heterocycles. The first-order valence-electron chi connectivity index (χ1n) is 4.73. The molecular weight excluding hydrogens is 208 g/mol. The van der Waals surface area contributed by atoms with Crippen molar-refractivity contribution in [3.8, 4) is 11.5 Å². The number of aromatic carboxylic acids is 1. The molecule has 0 amide bonds. The Labute approximate surface area is 94.1 Å². The number of methoxy groups -OCH3 is 2. The van der Waals surface area contributed by atoms with Crippen molar-refractivity contribution in [1.29, 1.82) is 0 Å². The van der Waals surface area contributed by atoms with E-state index in [1.165, 1.54) is 20.3 Å². The second kappa shape index (κ2) is 5.21. The number of ether oxygens (including phenoxy) is 2. The van der Waals surface area contributed by atoms with Gasteiger partial charge in [-0.05, 0) is 24.1 Å². The van der Waals surface area contributed by atoms with Gasteiger partial charge >= 0.3 is 5.97 Å². The number of carbonyl (C=O) groups is 1. The fourth-order valence-corrected chi connectivity index (χ4v) is 1.44. The van der Waals surface area contributed by atoms with Crippen LogP contribution in [-0.2, 0) is 6.42 Å². The maximum atomic E-state index is 11.0. The minimum absolute atomic E-state index is 0.206. The minimum atomic E-state index is -0.988. The fourth-order valence-electron chi connectivity index (χ4n) is 1.44. The number of allylic oxidation sites excluding steroid dienone is 1. The van der Waals surface area contributed by atoms with Crippen LogP contribution in [0.5, 0.6) is 11.5 Å². The van der Waals surface area contributed by atoms with Crippen LogP contribution in [-0.4, -0.2) is 25.3 Å². The highest BCUT2D eigenvalue weighted by atomic mass is 16.5. The Hall–Kier alpha value is -1.97. The molecule has 0 fully saturated rings. The summed E-state index contributed by atoms with van der Waals surface area (Å²) in [5, 5.41) is 9.05. The zero-order chi connectivity index (χ0) is 12.1. The molecule has 0 spiro atoms. The molecule has 4 nitrogen and oxygen atoms in total. The van der Waals surface area contributed by atoms with Crippen LogP contribution in [0.25, 0.3) is 0 Å². The molecule has 1 N–H and O–H groups in total. The van der Waals surface area contributed by atoms with Crippen LogP contribution in [0.1, 0.15) is 15.9 Å². The van der Waals surface area contributed by atoms with Crippen LogP contribution in [0.2, 0.25) is 0 Å². The molecule has 0 saturated heterocycles. The van der Waals surface area contributed by atoms with Gasteiger partial charge in [-0.2, -0.15) is 0 Å². The maximum absolute atomic E-state index is 11.0. The smallest absolute Gasteiger partial charge is 0.336 e. The lowest BCUT2D eigenvalue weighted by Gasteiger charge is -2.11. The lowest BCUT2D eigenvalue weighted by molar-refractivity contribution is 0.0695. The lowest BCUT2D eigenvalue weighted by atomic mass is 10.0. The van der Waals surface area contributed by atoms with Crippen LogP contribution in [0.3, 0.4) is 0 Å². The van der Waals surface area contributed by atoms with Crippen molar-refractivity contribution in [2.24, 2.45) is 0 Å². The Balaban J connectivity index is 3.34. The molecule has 4 heteroatoms. The second-order valence-corrected chi connectivity index (χ2v) is 3.16. The highest BCUT2D eigenvalue weighted by Crippen LogP contribution is 2.30. The van der Waals surface area contributed by atoms with E-state index in [9.17, 15) is 4.79 Å². The van der Waals surface area contributed by atoms with E-state index in [2.05, 4.69) is 6.58 Å². The highest BCUT2D eigenvalue weighted by molar-refractivity contribution is 5.90. The Morgan fingerprint density at radius 1 is 1.38 bits per heavy atom. The molecule has 0 radical (unpaired) electrons. The normalized spacial score (nSPS) is 9.62. The first-order chi connectivity index (χ1) is 7.63. The molecule has 0 aliphatic heterocycles. The third-order valence-corrected chi connectivity index (χ3v) is 2.20. The molecule has 0 aliphatic rings. The van der Waals surface area contributed by atoms with Gasteiger partial charge < -0.3 is 14.6 Å². The molecule has 0 atom stereocenters. The van der Waals surface area contributed by atoms with Gasteiger partial charge in [-0.15, -0.1) is 6.58 Å². The summed E-state index contributed by atoms with van der Waals surface area (Å²) in [6, 6.07) is 3.12. The first kappa shape index (κ1) is 12.1. The van der Waals surface area contributed by atoms with Crippen LogP contribution in [0, 0.1) is 0 Å². The van der Waals surface area contributed by atoms with Gasteiger partial charge in [-0.3, -0.25) is 0 Å². The van der Waals surface area contributed by atoms with Crippen molar-refractivity contribution < 1.29 is 19.4 Å². The molecule has 86 valence electrons. The average Bonchev–Trinajstić information content (AvgIpc) is 2.28. The highest BCUT2D eigenvalue weighted by Gasteiger charge is 2.14. The maximum Gasteiger partial charge on any atom is 0.336 e. The van der Waals surface area contributed by atoms with Crippen LogP contribution in [0.4, 0.5) is 0 Å². The van der Waals surface area contributed by atoms with Crippen molar-refractivity contribution in [3.05, 3.63) is 35.9 Å².